The third-order valence-corrected chi connectivity index (χ3v) is 5.80. The van der Waals surface area contributed by atoms with Crippen molar-refractivity contribution in [1.82, 2.24) is 20.5 Å². The lowest BCUT2D eigenvalue weighted by molar-refractivity contribution is 0.196. The average Bonchev–Trinajstić information content (AvgIpc) is 2.73. The van der Waals surface area contributed by atoms with Gasteiger partial charge >= 0.3 is 0 Å². The highest BCUT2D eigenvalue weighted by atomic mass is 32.2. The van der Waals surface area contributed by atoms with Crippen LogP contribution in [0, 0.1) is 5.82 Å². The Labute approximate surface area is 170 Å². The van der Waals surface area contributed by atoms with Crippen LogP contribution in [0.1, 0.15) is 18.5 Å². The molecule has 1 aliphatic rings. The molecule has 150 valence electrons. The molecule has 0 amide bonds. The number of guanidine groups is 1. The first-order chi connectivity index (χ1) is 13.7. The second kappa shape index (κ2) is 11.0. The Hall–Kier alpha value is -2.12. The van der Waals surface area contributed by atoms with Crippen LogP contribution in [0.3, 0.4) is 0 Å². The van der Waals surface area contributed by atoms with Crippen LogP contribution >= 0.6 is 11.8 Å². The van der Waals surface area contributed by atoms with Gasteiger partial charge in [0.25, 0.3) is 0 Å². The summed E-state index contributed by atoms with van der Waals surface area (Å²) in [6, 6.07) is 13.4. The highest BCUT2D eigenvalue weighted by molar-refractivity contribution is 7.99. The fourth-order valence-electron chi connectivity index (χ4n) is 3.24. The molecule has 1 aromatic carbocycles. The molecule has 2 N–H and O–H groups in total. The largest absolute Gasteiger partial charge is 0.356 e. The van der Waals surface area contributed by atoms with Crippen LogP contribution in [0.5, 0.6) is 0 Å². The standard InChI is InChI=1S/C21H28FN5S/c1-23-21(25-12-15-28-20-8-3-2-7-19(20)22)26-17-9-13-27(14-10-17)16-18-6-4-5-11-24-18/h2-8,11,17H,9-10,12-16H2,1H3,(H2,23,25,26). The van der Waals surface area contributed by atoms with Gasteiger partial charge in [-0.2, -0.15) is 0 Å². The maximum absolute atomic E-state index is 13.6. The molecule has 1 aromatic heterocycles. The molecule has 7 heteroatoms. The minimum Gasteiger partial charge on any atom is -0.356 e. The van der Waals surface area contributed by atoms with Crippen LogP contribution in [0.25, 0.3) is 0 Å². The van der Waals surface area contributed by atoms with Crippen molar-refractivity contribution in [2.24, 2.45) is 4.99 Å². The summed E-state index contributed by atoms with van der Waals surface area (Å²) in [5, 5.41) is 6.84. The first-order valence-corrected chi connectivity index (χ1v) is 10.7. The van der Waals surface area contributed by atoms with Crippen molar-refractivity contribution in [2.45, 2.75) is 30.3 Å². The van der Waals surface area contributed by atoms with Crippen molar-refractivity contribution < 1.29 is 4.39 Å². The molecule has 1 fully saturated rings. The van der Waals surface area contributed by atoms with Gasteiger partial charge in [-0.05, 0) is 37.1 Å². The summed E-state index contributed by atoms with van der Waals surface area (Å²) in [6.45, 7) is 3.74. The van der Waals surface area contributed by atoms with Gasteiger partial charge in [0, 0.05) is 56.1 Å². The predicted molar refractivity (Wildman–Crippen MR) is 114 cm³/mol. The van der Waals surface area contributed by atoms with Crippen molar-refractivity contribution in [3.05, 3.63) is 60.2 Å². The number of nitrogens with one attached hydrogen (secondary N) is 2. The van der Waals surface area contributed by atoms with E-state index in [-0.39, 0.29) is 5.82 Å². The molecule has 0 atom stereocenters. The zero-order valence-corrected chi connectivity index (χ0v) is 17.1. The van der Waals surface area contributed by atoms with Crippen LogP contribution in [0.4, 0.5) is 4.39 Å². The Balaban J connectivity index is 1.34. The number of piperidine rings is 1. The maximum Gasteiger partial charge on any atom is 0.191 e. The van der Waals surface area contributed by atoms with E-state index in [2.05, 4.69) is 31.6 Å². The number of likely N-dealkylation sites (tertiary alicyclic amines) is 1. The van der Waals surface area contributed by atoms with Gasteiger partial charge in [0.2, 0.25) is 0 Å². The number of pyridine rings is 1. The van der Waals surface area contributed by atoms with Crippen molar-refractivity contribution in [3.63, 3.8) is 0 Å². The van der Waals surface area contributed by atoms with Crippen molar-refractivity contribution in [1.29, 1.82) is 0 Å². The maximum atomic E-state index is 13.6. The van der Waals surface area contributed by atoms with Crippen LogP contribution in [0.2, 0.25) is 0 Å². The fourth-order valence-corrected chi connectivity index (χ4v) is 4.04. The third kappa shape index (κ3) is 6.49. The van der Waals surface area contributed by atoms with Gasteiger partial charge in [0.05, 0.1) is 5.69 Å². The van der Waals surface area contributed by atoms with E-state index in [4.69, 9.17) is 0 Å². The highest BCUT2D eigenvalue weighted by Gasteiger charge is 2.20. The fraction of sp³-hybridized carbons (Fsp3) is 0.429. The average molecular weight is 402 g/mol. The third-order valence-electron chi connectivity index (χ3n) is 4.75. The van der Waals surface area contributed by atoms with E-state index in [1.165, 1.54) is 17.8 Å². The summed E-state index contributed by atoms with van der Waals surface area (Å²) in [5.74, 6) is 1.44. The summed E-state index contributed by atoms with van der Waals surface area (Å²) in [4.78, 5) is 11.9. The molecule has 0 spiro atoms. The summed E-state index contributed by atoms with van der Waals surface area (Å²) in [5.41, 5.74) is 1.12. The molecule has 2 aromatic rings. The number of aliphatic imine (C=N–C) groups is 1. The Morgan fingerprint density at radius 2 is 2.00 bits per heavy atom. The smallest absolute Gasteiger partial charge is 0.191 e. The van der Waals surface area contributed by atoms with Gasteiger partial charge in [-0.15, -0.1) is 11.8 Å². The van der Waals surface area contributed by atoms with E-state index < -0.39 is 0 Å². The molecule has 5 nitrogen and oxygen atoms in total. The number of benzene rings is 1. The van der Waals surface area contributed by atoms with Gasteiger partial charge in [-0.25, -0.2) is 4.39 Å². The Morgan fingerprint density at radius 3 is 2.71 bits per heavy atom. The molecular formula is C21H28FN5S. The Kier molecular flexibility index (Phi) is 8.11. The molecule has 3 rings (SSSR count). The summed E-state index contributed by atoms with van der Waals surface area (Å²) in [7, 11) is 1.79. The minimum absolute atomic E-state index is 0.160. The van der Waals surface area contributed by atoms with Gasteiger partial charge in [-0.1, -0.05) is 18.2 Å². The van der Waals surface area contributed by atoms with Gasteiger partial charge in [0.15, 0.2) is 5.96 Å². The van der Waals surface area contributed by atoms with Crippen LogP contribution in [-0.2, 0) is 6.54 Å². The monoisotopic (exact) mass is 401 g/mol. The molecule has 28 heavy (non-hydrogen) atoms. The van der Waals surface area contributed by atoms with Crippen molar-refractivity contribution in [3.8, 4) is 0 Å². The molecule has 1 aliphatic heterocycles. The summed E-state index contributed by atoms with van der Waals surface area (Å²) >= 11 is 1.51. The molecular weight excluding hydrogens is 373 g/mol. The molecule has 0 saturated carbocycles. The highest BCUT2D eigenvalue weighted by Crippen LogP contribution is 2.20. The SMILES string of the molecule is CN=C(NCCSc1ccccc1F)NC1CCN(Cc2ccccn2)CC1. The summed E-state index contributed by atoms with van der Waals surface area (Å²) < 4.78 is 13.6. The second-order valence-electron chi connectivity index (χ2n) is 6.79. The van der Waals surface area contributed by atoms with E-state index in [0.29, 0.717) is 10.9 Å². The van der Waals surface area contributed by atoms with E-state index in [9.17, 15) is 4.39 Å². The number of hydrogen-bond acceptors (Lipinski definition) is 4. The van der Waals surface area contributed by atoms with E-state index >= 15 is 0 Å². The minimum atomic E-state index is -0.160. The number of thioether (sulfide) groups is 1. The Morgan fingerprint density at radius 1 is 1.21 bits per heavy atom. The van der Waals surface area contributed by atoms with Crippen molar-refractivity contribution >= 4 is 17.7 Å². The molecule has 1 saturated heterocycles. The van der Waals surface area contributed by atoms with E-state index in [0.717, 1.165) is 56.4 Å². The molecule has 2 heterocycles. The lowest BCUT2D eigenvalue weighted by atomic mass is 10.1. The topological polar surface area (TPSA) is 52.6 Å². The molecule has 0 bridgehead atoms. The number of aromatic nitrogens is 1. The zero-order chi connectivity index (χ0) is 19.6. The van der Waals surface area contributed by atoms with Gasteiger partial charge < -0.3 is 10.6 Å². The number of halogens is 1. The summed E-state index contributed by atoms with van der Waals surface area (Å²) in [6.07, 6.45) is 4.01. The van der Waals surface area contributed by atoms with Crippen LogP contribution in [0.15, 0.2) is 58.5 Å². The molecule has 0 radical (unpaired) electrons. The van der Waals surface area contributed by atoms with Gasteiger partial charge in [-0.3, -0.25) is 14.9 Å². The Bertz CT molecular complexity index is 747. The lowest BCUT2D eigenvalue weighted by Gasteiger charge is -2.32. The van der Waals surface area contributed by atoms with Crippen LogP contribution in [-0.4, -0.2) is 54.3 Å². The van der Waals surface area contributed by atoms with Gasteiger partial charge in [0.1, 0.15) is 5.82 Å². The van der Waals surface area contributed by atoms with Crippen molar-refractivity contribution in [2.75, 3.05) is 32.4 Å². The second-order valence-corrected chi connectivity index (χ2v) is 7.93. The normalized spacial score (nSPS) is 16.1. The number of hydrogen-bond donors (Lipinski definition) is 2. The van der Waals surface area contributed by atoms with E-state index in [1.807, 2.05) is 30.5 Å². The quantitative estimate of drug-likeness (QED) is 0.323. The lowest BCUT2D eigenvalue weighted by Crippen LogP contribution is -2.48. The first kappa shape index (κ1) is 20.6. The van der Waals surface area contributed by atoms with Crippen LogP contribution < -0.4 is 10.6 Å². The molecule has 0 aliphatic carbocycles. The van der Waals surface area contributed by atoms with E-state index in [1.54, 1.807) is 13.1 Å². The first-order valence-electron chi connectivity index (χ1n) is 9.71. The molecule has 0 unspecified atom stereocenters. The zero-order valence-electron chi connectivity index (χ0n) is 16.3. The number of nitrogens with zero attached hydrogens (tertiary/aromatic N) is 3. The number of rotatable bonds is 7. The predicted octanol–water partition coefficient (Wildman–Crippen LogP) is 3.14.